The summed E-state index contributed by atoms with van der Waals surface area (Å²) in [6.07, 6.45) is 2.02. The molecule has 4 rings (SSSR count). The standard InChI is InChI=1S/C24H22N4O3/c1-17-7-5-10-19(15-17)26-21(29)16-28-20-11-6-13-25-22(20)23(30)27(24(28)31)14-12-18-8-3-2-4-9-18/h2-11,13,15H,12,14,16H2,1H3,(H,26,29). The normalized spacial score (nSPS) is 10.9. The molecule has 0 saturated carbocycles. The van der Waals surface area contributed by atoms with Crippen LogP contribution in [0.4, 0.5) is 5.69 Å². The van der Waals surface area contributed by atoms with E-state index in [4.69, 9.17) is 0 Å². The molecule has 2 heterocycles. The lowest BCUT2D eigenvalue weighted by Gasteiger charge is -2.14. The zero-order valence-electron chi connectivity index (χ0n) is 17.1. The number of hydrogen-bond donors (Lipinski definition) is 1. The quantitative estimate of drug-likeness (QED) is 0.526. The van der Waals surface area contributed by atoms with Gasteiger partial charge in [-0.05, 0) is 48.7 Å². The van der Waals surface area contributed by atoms with Gasteiger partial charge >= 0.3 is 5.69 Å². The Morgan fingerprint density at radius 3 is 2.55 bits per heavy atom. The molecule has 156 valence electrons. The fourth-order valence-corrected chi connectivity index (χ4v) is 3.55. The van der Waals surface area contributed by atoms with Gasteiger partial charge in [-0.3, -0.25) is 18.7 Å². The van der Waals surface area contributed by atoms with Gasteiger partial charge in [0.05, 0.1) is 5.52 Å². The van der Waals surface area contributed by atoms with Crippen molar-refractivity contribution in [3.05, 3.63) is 105 Å². The largest absolute Gasteiger partial charge is 0.332 e. The first-order valence-corrected chi connectivity index (χ1v) is 10.0. The summed E-state index contributed by atoms with van der Waals surface area (Å²) in [6.45, 7) is 1.91. The molecule has 1 N–H and O–H groups in total. The molecule has 1 amide bonds. The molecule has 0 fully saturated rings. The zero-order chi connectivity index (χ0) is 21.8. The summed E-state index contributed by atoms with van der Waals surface area (Å²) in [6, 6.07) is 20.3. The predicted octanol–water partition coefficient (Wildman–Crippen LogP) is 2.75. The van der Waals surface area contributed by atoms with E-state index in [0.29, 0.717) is 17.6 Å². The van der Waals surface area contributed by atoms with Crippen LogP contribution in [0.1, 0.15) is 11.1 Å². The summed E-state index contributed by atoms with van der Waals surface area (Å²) in [5.74, 6) is -0.355. The van der Waals surface area contributed by atoms with Gasteiger partial charge in [-0.1, -0.05) is 42.5 Å². The number of nitrogens with one attached hydrogen (secondary N) is 1. The minimum Gasteiger partial charge on any atom is -0.325 e. The Morgan fingerprint density at radius 2 is 1.77 bits per heavy atom. The molecule has 7 heteroatoms. The number of anilines is 1. The Labute approximate surface area is 178 Å². The van der Waals surface area contributed by atoms with Crippen LogP contribution in [-0.2, 0) is 24.3 Å². The van der Waals surface area contributed by atoms with Crippen LogP contribution in [0.2, 0.25) is 0 Å². The first kappa shape index (κ1) is 20.3. The van der Waals surface area contributed by atoms with Crippen molar-refractivity contribution in [2.75, 3.05) is 5.32 Å². The number of aryl methyl sites for hydroxylation is 2. The average molecular weight is 414 g/mol. The molecule has 0 unspecified atom stereocenters. The molecule has 0 saturated heterocycles. The number of benzene rings is 2. The summed E-state index contributed by atoms with van der Waals surface area (Å²) in [5.41, 5.74) is 2.20. The maximum absolute atomic E-state index is 13.2. The average Bonchev–Trinajstić information content (AvgIpc) is 2.77. The van der Waals surface area contributed by atoms with Gasteiger partial charge in [0.2, 0.25) is 5.91 Å². The summed E-state index contributed by atoms with van der Waals surface area (Å²) < 4.78 is 2.46. The number of hydrogen-bond acceptors (Lipinski definition) is 4. The highest BCUT2D eigenvalue weighted by Gasteiger charge is 2.16. The lowest BCUT2D eigenvalue weighted by Crippen LogP contribution is -2.42. The Bertz CT molecular complexity index is 1360. The summed E-state index contributed by atoms with van der Waals surface area (Å²) in [7, 11) is 0. The van der Waals surface area contributed by atoms with Gasteiger partial charge in [-0.25, -0.2) is 9.78 Å². The Morgan fingerprint density at radius 1 is 0.968 bits per heavy atom. The second kappa shape index (κ2) is 8.79. The lowest BCUT2D eigenvalue weighted by molar-refractivity contribution is -0.116. The van der Waals surface area contributed by atoms with E-state index < -0.39 is 11.2 Å². The lowest BCUT2D eigenvalue weighted by atomic mass is 10.1. The van der Waals surface area contributed by atoms with Crippen LogP contribution >= 0.6 is 0 Å². The Kier molecular flexibility index (Phi) is 5.75. The number of carbonyl (C=O) groups excluding carboxylic acids is 1. The van der Waals surface area contributed by atoms with E-state index in [1.54, 1.807) is 18.2 Å². The van der Waals surface area contributed by atoms with Gasteiger partial charge in [-0.2, -0.15) is 0 Å². The molecule has 7 nitrogen and oxygen atoms in total. The van der Waals surface area contributed by atoms with Crippen molar-refractivity contribution in [2.45, 2.75) is 26.4 Å². The van der Waals surface area contributed by atoms with Gasteiger partial charge in [0.1, 0.15) is 6.54 Å². The first-order valence-electron chi connectivity index (χ1n) is 10.0. The van der Waals surface area contributed by atoms with Crippen molar-refractivity contribution < 1.29 is 4.79 Å². The van der Waals surface area contributed by atoms with Gasteiger partial charge < -0.3 is 5.32 Å². The smallest absolute Gasteiger partial charge is 0.325 e. The third-order valence-electron chi connectivity index (χ3n) is 5.06. The van der Waals surface area contributed by atoms with E-state index >= 15 is 0 Å². The highest BCUT2D eigenvalue weighted by atomic mass is 16.2. The summed E-state index contributed by atoms with van der Waals surface area (Å²) in [4.78, 5) is 43.0. The molecular formula is C24H22N4O3. The van der Waals surface area contributed by atoms with Crippen LogP contribution in [0.5, 0.6) is 0 Å². The molecule has 0 spiro atoms. The van der Waals surface area contributed by atoms with Crippen LogP contribution in [0, 0.1) is 6.92 Å². The third-order valence-corrected chi connectivity index (χ3v) is 5.06. The number of nitrogens with zero attached hydrogens (tertiary/aromatic N) is 3. The van der Waals surface area contributed by atoms with Crippen molar-refractivity contribution in [3.8, 4) is 0 Å². The summed E-state index contributed by atoms with van der Waals surface area (Å²) >= 11 is 0. The molecule has 0 bridgehead atoms. The van der Waals surface area contributed by atoms with E-state index in [1.807, 2.05) is 55.5 Å². The molecular weight excluding hydrogens is 392 g/mol. The molecule has 0 atom stereocenters. The molecule has 0 aliphatic rings. The van der Waals surface area contributed by atoms with E-state index in [-0.39, 0.29) is 24.5 Å². The Hall–Kier alpha value is -4.00. The molecule has 0 radical (unpaired) electrons. The first-order chi connectivity index (χ1) is 15.0. The van der Waals surface area contributed by atoms with Crippen LogP contribution in [0.15, 0.2) is 82.5 Å². The fraction of sp³-hybridized carbons (Fsp3) is 0.167. The fourth-order valence-electron chi connectivity index (χ4n) is 3.55. The minimum atomic E-state index is -0.527. The number of fused-ring (bicyclic) bond motifs is 1. The SMILES string of the molecule is Cc1cccc(NC(=O)Cn2c(=O)n(CCc3ccccc3)c(=O)c3ncccc32)c1. The second-order valence-corrected chi connectivity index (χ2v) is 7.35. The predicted molar refractivity (Wildman–Crippen MR) is 120 cm³/mol. The van der Waals surface area contributed by atoms with Gasteiger partial charge in [-0.15, -0.1) is 0 Å². The molecule has 0 aliphatic heterocycles. The molecule has 2 aromatic carbocycles. The maximum Gasteiger partial charge on any atom is 0.332 e. The van der Waals surface area contributed by atoms with Crippen molar-refractivity contribution >= 4 is 22.6 Å². The minimum absolute atomic E-state index is 0.165. The van der Waals surface area contributed by atoms with Crippen LogP contribution in [0.3, 0.4) is 0 Å². The maximum atomic E-state index is 13.2. The molecule has 4 aromatic rings. The van der Waals surface area contributed by atoms with E-state index in [2.05, 4.69) is 10.3 Å². The van der Waals surface area contributed by atoms with Gasteiger partial charge in [0.15, 0.2) is 5.52 Å². The van der Waals surface area contributed by atoms with Gasteiger partial charge in [0, 0.05) is 18.4 Å². The topological polar surface area (TPSA) is 86.0 Å². The Balaban J connectivity index is 1.69. The van der Waals surface area contributed by atoms with Crippen molar-refractivity contribution in [2.24, 2.45) is 0 Å². The van der Waals surface area contributed by atoms with E-state index in [9.17, 15) is 14.4 Å². The van der Waals surface area contributed by atoms with Crippen LogP contribution in [0.25, 0.3) is 11.0 Å². The highest BCUT2D eigenvalue weighted by molar-refractivity contribution is 5.91. The number of carbonyl (C=O) groups is 1. The monoisotopic (exact) mass is 414 g/mol. The van der Waals surface area contributed by atoms with E-state index in [0.717, 1.165) is 15.7 Å². The van der Waals surface area contributed by atoms with Crippen molar-refractivity contribution in [1.29, 1.82) is 0 Å². The highest BCUT2D eigenvalue weighted by Crippen LogP contribution is 2.10. The second-order valence-electron chi connectivity index (χ2n) is 7.35. The number of rotatable bonds is 6. The molecule has 31 heavy (non-hydrogen) atoms. The van der Waals surface area contributed by atoms with Gasteiger partial charge in [0.25, 0.3) is 5.56 Å². The third kappa shape index (κ3) is 4.45. The molecule has 2 aromatic heterocycles. The van der Waals surface area contributed by atoms with Crippen LogP contribution < -0.4 is 16.6 Å². The van der Waals surface area contributed by atoms with E-state index in [1.165, 1.54) is 10.8 Å². The summed E-state index contributed by atoms with van der Waals surface area (Å²) in [5, 5.41) is 2.81. The zero-order valence-corrected chi connectivity index (χ0v) is 17.1. The number of aromatic nitrogens is 3. The van der Waals surface area contributed by atoms with Crippen LogP contribution in [-0.4, -0.2) is 20.0 Å². The number of amides is 1. The van der Waals surface area contributed by atoms with Crippen molar-refractivity contribution in [1.82, 2.24) is 14.1 Å². The number of pyridine rings is 1. The molecule has 0 aliphatic carbocycles. The van der Waals surface area contributed by atoms with Crippen molar-refractivity contribution in [3.63, 3.8) is 0 Å².